The van der Waals surface area contributed by atoms with Crippen LogP contribution in [0, 0.1) is 0 Å². The van der Waals surface area contributed by atoms with E-state index in [4.69, 9.17) is 11.5 Å². The second-order valence-corrected chi connectivity index (χ2v) is 3.61. The normalized spacial score (nSPS) is 12.4. The molecule has 1 unspecified atom stereocenters. The predicted molar refractivity (Wildman–Crippen MR) is 60.2 cm³/mol. The second-order valence-electron chi connectivity index (χ2n) is 3.61. The van der Waals surface area contributed by atoms with E-state index in [2.05, 4.69) is 4.98 Å². The van der Waals surface area contributed by atoms with E-state index in [-0.39, 0.29) is 18.2 Å². The highest BCUT2D eigenvalue weighted by atomic mass is 16.1. The van der Waals surface area contributed by atoms with Crippen molar-refractivity contribution in [1.82, 2.24) is 4.98 Å². The quantitative estimate of drug-likeness (QED) is 0.751. The fourth-order valence-electron chi connectivity index (χ4n) is 1.38. The largest absolute Gasteiger partial charge is 0.398 e. The van der Waals surface area contributed by atoms with Crippen LogP contribution in [0.3, 0.4) is 0 Å². The Balaban J connectivity index is 2.62. The number of carbonyl (C=O) groups excluding carboxylic acids is 1. The molecular weight excluding hydrogens is 190 g/mol. The van der Waals surface area contributed by atoms with Gasteiger partial charge < -0.3 is 11.5 Å². The molecule has 4 heteroatoms. The number of rotatable bonds is 5. The molecule has 4 N–H and O–H groups in total. The smallest absolute Gasteiger partial charge is 0.154 e. The van der Waals surface area contributed by atoms with E-state index in [1.165, 1.54) is 0 Å². The lowest BCUT2D eigenvalue weighted by Crippen LogP contribution is -2.31. The molecule has 15 heavy (non-hydrogen) atoms. The minimum Gasteiger partial charge on any atom is -0.398 e. The third kappa shape index (κ3) is 3.32. The van der Waals surface area contributed by atoms with Crippen molar-refractivity contribution in [3.05, 3.63) is 24.0 Å². The molecule has 1 heterocycles. The molecule has 0 aromatic carbocycles. The Labute approximate surface area is 89.7 Å². The number of nitrogens with two attached hydrogens (primary N) is 2. The fraction of sp³-hybridized carbons (Fsp3) is 0.455. The van der Waals surface area contributed by atoms with Crippen LogP contribution in [0.25, 0.3) is 0 Å². The van der Waals surface area contributed by atoms with Crippen molar-refractivity contribution in [2.24, 2.45) is 5.73 Å². The molecular formula is C11H17N3O. The SMILES string of the molecule is CCCC(N)C(=O)Cc1cnccc1N. The summed E-state index contributed by atoms with van der Waals surface area (Å²) in [5, 5.41) is 0. The highest BCUT2D eigenvalue weighted by Crippen LogP contribution is 2.11. The Morgan fingerprint density at radius 3 is 2.93 bits per heavy atom. The zero-order chi connectivity index (χ0) is 11.3. The number of nitrogens with zero attached hydrogens (tertiary/aromatic N) is 1. The van der Waals surface area contributed by atoms with Crippen LogP contribution in [0.1, 0.15) is 25.3 Å². The molecule has 0 saturated heterocycles. The van der Waals surface area contributed by atoms with Crippen molar-refractivity contribution in [3.8, 4) is 0 Å². The van der Waals surface area contributed by atoms with Gasteiger partial charge in [0.25, 0.3) is 0 Å². The Hall–Kier alpha value is -1.42. The lowest BCUT2D eigenvalue weighted by Gasteiger charge is -2.09. The van der Waals surface area contributed by atoms with Crippen LogP contribution in [-0.2, 0) is 11.2 Å². The summed E-state index contributed by atoms with van der Waals surface area (Å²) in [5.41, 5.74) is 12.8. The zero-order valence-corrected chi connectivity index (χ0v) is 8.94. The highest BCUT2D eigenvalue weighted by molar-refractivity contribution is 5.86. The lowest BCUT2D eigenvalue weighted by atomic mass is 10.0. The molecule has 1 rings (SSSR count). The van der Waals surface area contributed by atoms with Crippen LogP contribution >= 0.6 is 0 Å². The number of Topliss-reactive ketones (excluding diaryl/α,β-unsaturated/α-hetero) is 1. The number of ketones is 1. The third-order valence-corrected chi connectivity index (χ3v) is 2.32. The molecule has 1 atom stereocenters. The topological polar surface area (TPSA) is 82.0 Å². The standard InChI is InChI=1S/C11H17N3O/c1-2-3-10(13)11(15)6-8-7-14-5-4-9(8)12/h4-5,7,10H,2-3,6,13H2,1H3,(H2,12,14). The first-order chi connectivity index (χ1) is 7.15. The minimum absolute atomic E-state index is 0.0246. The van der Waals surface area contributed by atoms with E-state index in [1.807, 2.05) is 6.92 Å². The summed E-state index contributed by atoms with van der Waals surface area (Å²) in [7, 11) is 0. The fourth-order valence-corrected chi connectivity index (χ4v) is 1.38. The van der Waals surface area contributed by atoms with Crippen LogP contribution in [0.2, 0.25) is 0 Å². The summed E-state index contributed by atoms with van der Waals surface area (Å²) in [6.07, 6.45) is 5.14. The summed E-state index contributed by atoms with van der Waals surface area (Å²) in [4.78, 5) is 15.6. The number of carbonyl (C=O) groups is 1. The minimum atomic E-state index is -0.380. The lowest BCUT2D eigenvalue weighted by molar-refractivity contribution is -0.119. The van der Waals surface area contributed by atoms with Gasteiger partial charge in [-0.3, -0.25) is 9.78 Å². The molecule has 0 radical (unpaired) electrons. The second kappa shape index (κ2) is 5.46. The molecule has 1 aromatic heterocycles. The monoisotopic (exact) mass is 207 g/mol. The van der Waals surface area contributed by atoms with Crippen LogP contribution < -0.4 is 11.5 Å². The summed E-state index contributed by atoms with van der Waals surface area (Å²) < 4.78 is 0. The van der Waals surface area contributed by atoms with Gasteiger partial charge in [0.1, 0.15) is 0 Å². The van der Waals surface area contributed by atoms with Crippen LogP contribution in [0.5, 0.6) is 0 Å². The first-order valence-electron chi connectivity index (χ1n) is 5.11. The van der Waals surface area contributed by atoms with Crippen molar-refractivity contribution in [3.63, 3.8) is 0 Å². The molecule has 0 spiro atoms. The Bertz CT molecular complexity index is 338. The average molecular weight is 207 g/mol. The van der Waals surface area contributed by atoms with Crippen molar-refractivity contribution in [2.45, 2.75) is 32.2 Å². The molecule has 0 aliphatic carbocycles. The number of anilines is 1. The first-order valence-corrected chi connectivity index (χ1v) is 5.11. The molecule has 82 valence electrons. The van der Waals surface area contributed by atoms with Crippen molar-refractivity contribution in [1.29, 1.82) is 0 Å². The van der Waals surface area contributed by atoms with Gasteiger partial charge in [-0.25, -0.2) is 0 Å². The molecule has 0 saturated carbocycles. The van der Waals surface area contributed by atoms with Crippen molar-refractivity contribution in [2.75, 3.05) is 5.73 Å². The van der Waals surface area contributed by atoms with Crippen LogP contribution in [-0.4, -0.2) is 16.8 Å². The Kier molecular flexibility index (Phi) is 4.24. The van der Waals surface area contributed by atoms with E-state index in [1.54, 1.807) is 18.5 Å². The summed E-state index contributed by atoms with van der Waals surface area (Å²) in [5.74, 6) is 0.0246. The van der Waals surface area contributed by atoms with Crippen molar-refractivity contribution >= 4 is 11.5 Å². The maximum Gasteiger partial charge on any atom is 0.154 e. The van der Waals surface area contributed by atoms with E-state index < -0.39 is 0 Å². The maximum absolute atomic E-state index is 11.6. The Morgan fingerprint density at radius 1 is 1.60 bits per heavy atom. The van der Waals surface area contributed by atoms with Crippen LogP contribution in [0.15, 0.2) is 18.5 Å². The van der Waals surface area contributed by atoms with Gasteiger partial charge in [0.05, 0.1) is 6.04 Å². The molecule has 0 aliphatic rings. The number of nitrogen functional groups attached to an aromatic ring is 1. The number of aromatic nitrogens is 1. The van der Waals surface area contributed by atoms with Gasteiger partial charge in [0.2, 0.25) is 0 Å². The van der Waals surface area contributed by atoms with E-state index in [0.717, 1.165) is 18.4 Å². The number of pyridine rings is 1. The first kappa shape index (κ1) is 11.7. The molecule has 1 aromatic rings. The highest BCUT2D eigenvalue weighted by Gasteiger charge is 2.14. The van der Waals surface area contributed by atoms with Crippen LogP contribution in [0.4, 0.5) is 5.69 Å². The zero-order valence-electron chi connectivity index (χ0n) is 8.94. The Morgan fingerprint density at radius 2 is 2.33 bits per heavy atom. The van der Waals surface area contributed by atoms with Gasteiger partial charge >= 0.3 is 0 Å². The summed E-state index contributed by atoms with van der Waals surface area (Å²) in [6.45, 7) is 2.01. The third-order valence-electron chi connectivity index (χ3n) is 2.32. The predicted octanol–water partition coefficient (Wildman–Crippen LogP) is 0.903. The van der Waals surface area contributed by atoms with Gasteiger partial charge in [0, 0.05) is 30.1 Å². The van der Waals surface area contributed by atoms with Gasteiger partial charge in [-0.05, 0) is 12.5 Å². The number of hydrogen-bond donors (Lipinski definition) is 2. The summed E-state index contributed by atoms with van der Waals surface area (Å²) >= 11 is 0. The summed E-state index contributed by atoms with van der Waals surface area (Å²) in [6, 6.07) is 1.31. The van der Waals surface area contributed by atoms with E-state index in [0.29, 0.717) is 5.69 Å². The molecule has 0 fully saturated rings. The van der Waals surface area contributed by atoms with Gasteiger partial charge in [-0.1, -0.05) is 13.3 Å². The van der Waals surface area contributed by atoms with Gasteiger partial charge in [-0.2, -0.15) is 0 Å². The van der Waals surface area contributed by atoms with Crippen molar-refractivity contribution < 1.29 is 4.79 Å². The maximum atomic E-state index is 11.6. The molecule has 0 amide bonds. The van der Waals surface area contributed by atoms with E-state index >= 15 is 0 Å². The molecule has 0 bridgehead atoms. The van der Waals surface area contributed by atoms with Gasteiger partial charge in [0.15, 0.2) is 5.78 Å². The average Bonchev–Trinajstić information content (AvgIpc) is 2.21. The molecule has 4 nitrogen and oxygen atoms in total. The van der Waals surface area contributed by atoms with Gasteiger partial charge in [-0.15, -0.1) is 0 Å². The number of hydrogen-bond acceptors (Lipinski definition) is 4. The van der Waals surface area contributed by atoms with E-state index in [9.17, 15) is 4.79 Å². The molecule has 0 aliphatic heterocycles.